The zero-order valence-corrected chi connectivity index (χ0v) is 9.32. The summed E-state index contributed by atoms with van der Waals surface area (Å²) in [6.07, 6.45) is -2.56. The first-order valence-corrected chi connectivity index (χ1v) is 5.92. The molecule has 0 amide bonds. The normalized spacial score (nSPS) is 15.8. The van der Waals surface area contributed by atoms with Gasteiger partial charge in [0.2, 0.25) is 0 Å². The van der Waals surface area contributed by atoms with Gasteiger partial charge in [0.05, 0.1) is 0 Å². The highest BCUT2D eigenvalue weighted by molar-refractivity contribution is 7.84. The van der Waals surface area contributed by atoms with E-state index in [4.69, 9.17) is 0 Å². The molecule has 2 atom stereocenters. The van der Waals surface area contributed by atoms with Gasteiger partial charge < -0.3 is 5.11 Å². The molecule has 0 saturated carbocycles. The zero-order chi connectivity index (χ0) is 12.3. The van der Waals surface area contributed by atoms with E-state index >= 15 is 0 Å². The molecule has 0 bridgehead atoms. The van der Waals surface area contributed by atoms with Crippen molar-refractivity contribution in [3.8, 4) is 0 Å². The summed E-state index contributed by atoms with van der Waals surface area (Å²) in [4.78, 5) is 0. The van der Waals surface area contributed by atoms with Crippen LogP contribution in [0.3, 0.4) is 0 Å². The van der Waals surface area contributed by atoms with Crippen LogP contribution in [0.1, 0.15) is 18.6 Å². The summed E-state index contributed by atoms with van der Waals surface area (Å²) in [7, 11) is -4.17. The van der Waals surface area contributed by atoms with Gasteiger partial charge in [0.1, 0.15) is 18.0 Å². The lowest BCUT2D eigenvalue weighted by Gasteiger charge is -2.18. The highest BCUT2D eigenvalue weighted by atomic mass is 32.2. The molecule has 0 aliphatic heterocycles. The van der Waals surface area contributed by atoms with E-state index in [0.29, 0.717) is 0 Å². The lowest BCUT2D eigenvalue weighted by molar-refractivity contribution is 0.0483. The van der Waals surface area contributed by atoms with Gasteiger partial charge in [-0.25, -0.2) is 9.53 Å². The predicted molar refractivity (Wildman–Crippen MR) is 55.0 cm³/mol. The van der Waals surface area contributed by atoms with Crippen LogP contribution in [0.25, 0.3) is 0 Å². The Kier molecular flexibility index (Phi) is 3.98. The quantitative estimate of drug-likeness (QED) is 0.811. The molecule has 1 aromatic carbocycles. The Morgan fingerprint density at radius 3 is 2.50 bits per heavy atom. The third kappa shape index (κ3) is 3.53. The van der Waals surface area contributed by atoms with Gasteiger partial charge in [-0.1, -0.05) is 18.2 Å². The molecule has 0 fully saturated rings. The number of hydrogen-bond acceptors (Lipinski definition) is 4. The minimum atomic E-state index is -4.17. The summed E-state index contributed by atoms with van der Waals surface area (Å²) in [5.74, 6) is -0.639. The molecule has 90 valence electrons. The number of aliphatic hydroxyl groups excluding tert-OH is 1. The molecule has 0 radical (unpaired) electrons. The van der Waals surface area contributed by atoms with Gasteiger partial charge in [-0.15, -0.1) is 0 Å². The number of nitrogens with two attached hydrogens (primary N) is 1. The second kappa shape index (κ2) is 4.88. The molecule has 0 saturated heterocycles. The van der Waals surface area contributed by atoms with E-state index in [2.05, 4.69) is 9.32 Å². The second-order valence-electron chi connectivity index (χ2n) is 3.26. The Morgan fingerprint density at radius 2 is 2.00 bits per heavy atom. The van der Waals surface area contributed by atoms with Crippen molar-refractivity contribution in [3.05, 3.63) is 35.6 Å². The number of benzene rings is 1. The van der Waals surface area contributed by atoms with Gasteiger partial charge >= 0.3 is 10.3 Å². The maximum atomic E-state index is 13.2. The smallest absolute Gasteiger partial charge is 0.333 e. The van der Waals surface area contributed by atoms with Crippen LogP contribution < -0.4 is 5.14 Å². The van der Waals surface area contributed by atoms with Crippen LogP contribution in [-0.2, 0) is 14.5 Å². The minimum Gasteiger partial charge on any atom is -0.386 e. The zero-order valence-electron chi connectivity index (χ0n) is 8.50. The first kappa shape index (κ1) is 13.0. The summed E-state index contributed by atoms with van der Waals surface area (Å²) in [6, 6.07) is 5.47. The van der Waals surface area contributed by atoms with Gasteiger partial charge in [0.15, 0.2) is 0 Å². The van der Waals surface area contributed by atoms with Crippen LogP contribution in [0, 0.1) is 5.82 Å². The molecule has 0 spiro atoms. The van der Waals surface area contributed by atoms with Crippen molar-refractivity contribution in [1.82, 2.24) is 0 Å². The van der Waals surface area contributed by atoms with Crippen LogP contribution in [0.4, 0.5) is 4.39 Å². The molecule has 0 aromatic heterocycles. The van der Waals surface area contributed by atoms with Crippen LogP contribution in [0.15, 0.2) is 24.3 Å². The van der Waals surface area contributed by atoms with E-state index in [9.17, 15) is 17.9 Å². The van der Waals surface area contributed by atoms with Crippen LogP contribution in [0.2, 0.25) is 0 Å². The van der Waals surface area contributed by atoms with Crippen molar-refractivity contribution in [3.63, 3.8) is 0 Å². The maximum absolute atomic E-state index is 13.2. The lowest BCUT2D eigenvalue weighted by Crippen LogP contribution is -2.27. The third-order valence-electron chi connectivity index (χ3n) is 1.95. The number of rotatable bonds is 4. The van der Waals surface area contributed by atoms with Crippen LogP contribution in [-0.4, -0.2) is 19.6 Å². The third-order valence-corrected chi connectivity index (χ3v) is 2.53. The predicted octanol–water partition coefficient (Wildman–Crippen LogP) is 0.468. The molecule has 0 aliphatic rings. The molecule has 1 aromatic rings. The number of hydrogen-bond donors (Lipinski definition) is 2. The van der Waals surface area contributed by atoms with Gasteiger partial charge in [-0.05, 0) is 13.0 Å². The number of halogens is 1. The van der Waals surface area contributed by atoms with Crippen molar-refractivity contribution < 1.29 is 22.1 Å². The van der Waals surface area contributed by atoms with Crippen molar-refractivity contribution in [1.29, 1.82) is 0 Å². The average molecular weight is 249 g/mol. The number of aliphatic hydroxyl groups is 1. The van der Waals surface area contributed by atoms with Crippen LogP contribution >= 0.6 is 0 Å². The van der Waals surface area contributed by atoms with E-state index in [1.165, 1.54) is 25.1 Å². The molecule has 1 rings (SSSR count). The fourth-order valence-corrected chi connectivity index (χ4v) is 1.76. The molecule has 0 heterocycles. The molecule has 7 heteroatoms. The van der Waals surface area contributed by atoms with Crippen molar-refractivity contribution in [2.45, 2.75) is 19.1 Å². The Morgan fingerprint density at radius 1 is 1.44 bits per heavy atom. The summed E-state index contributed by atoms with van der Waals surface area (Å²) in [5, 5.41) is 14.3. The van der Waals surface area contributed by atoms with Crippen LogP contribution in [0.5, 0.6) is 0 Å². The Labute approximate surface area is 92.9 Å². The summed E-state index contributed by atoms with van der Waals surface area (Å²) < 4.78 is 38.8. The average Bonchev–Trinajstić information content (AvgIpc) is 2.15. The van der Waals surface area contributed by atoms with E-state index in [1.807, 2.05) is 0 Å². The molecular weight excluding hydrogens is 237 g/mol. The first-order chi connectivity index (χ1) is 7.31. The maximum Gasteiger partial charge on any atom is 0.333 e. The van der Waals surface area contributed by atoms with Crippen molar-refractivity contribution in [2.24, 2.45) is 5.14 Å². The lowest BCUT2D eigenvalue weighted by atomic mass is 10.1. The van der Waals surface area contributed by atoms with E-state index in [1.54, 1.807) is 0 Å². The van der Waals surface area contributed by atoms with Crippen molar-refractivity contribution >= 4 is 10.3 Å². The summed E-state index contributed by atoms with van der Waals surface area (Å²) in [6.45, 7) is 1.28. The van der Waals surface area contributed by atoms with Crippen molar-refractivity contribution in [2.75, 3.05) is 0 Å². The highest BCUT2D eigenvalue weighted by Gasteiger charge is 2.23. The minimum absolute atomic E-state index is 0.0429. The standard InChI is InChI=1S/C9H12FNO4S/c1-6(15-16(11,13)14)9(12)7-4-2-3-5-8(7)10/h2-6,9,12H,1H3,(H2,11,13,14)/t6-,9+/m1/s1. The Hall–Kier alpha value is -1.02. The molecular formula is C9H12FNO4S. The summed E-state index contributed by atoms with van der Waals surface area (Å²) >= 11 is 0. The monoisotopic (exact) mass is 249 g/mol. The highest BCUT2D eigenvalue weighted by Crippen LogP contribution is 2.22. The van der Waals surface area contributed by atoms with Gasteiger partial charge in [-0.3, -0.25) is 4.18 Å². The summed E-state index contributed by atoms with van der Waals surface area (Å²) in [5.41, 5.74) is -0.0429. The molecule has 5 nitrogen and oxygen atoms in total. The Bertz CT molecular complexity index is 462. The molecule has 16 heavy (non-hydrogen) atoms. The van der Waals surface area contributed by atoms with E-state index in [0.717, 1.165) is 6.07 Å². The van der Waals surface area contributed by atoms with Gasteiger partial charge in [0, 0.05) is 5.56 Å². The van der Waals surface area contributed by atoms with Gasteiger partial charge in [-0.2, -0.15) is 8.42 Å². The Balaban J connectivity index is 2.86. The molecule has 0 unspecified atom stereocenters. The van der Waals surface area contributed by atoms with E-state index < -0.39 is 28.3 Å². The fraction of sp³-hybridized carbons (Fsp3) is 0.333. The topological polar surface area (TPSA) is 89.6 Å². The fourth-order valence-electron chi connectivity index (χ4n) is 1.23. The largest absolute Gasteiger partial charge is 0.386 e. The second-order valence-corrected chi connectivity index (χ2v) is 4.44. The SMILES string of the molecule is C[C@@H](OS(N)(=O)=O)[C@H](O)c1ccccc1F. The van der Waals surface area contributed by atoms with E-state index in [-0.39, 0.29) is 5.56 Å². The first-order valence-electron chi connectivity index (χ1n) is 4.45. The molecule has 3 N–H and O–H groups in total. The molecule has 0 aliphatic carbocycles. The van der Waals surface area contributed by atoms with Gasteiger partial charge in [0.25, 0.3) is 0 Å².